The third-order valence-corrected chi connectivity index (χ3v) is 5.17. The quantitative estimate of drug-likeness (QED) is 0.703. The third kappa shape index (κ3) is 4.53. The van der Waals surface area contributed by atoms with E-state index in [-0.39, 0.29) is 12.3 Å². The highest BCUT2D eigenvalue weighted by atomic mass is 32.1. The highest BCUT2D eigenvalue weighted by Crippen LogP contribution is 2.22. The van der Waals surface area contributed by atoms with Gasteiger partial charge in [-0.3, -0.25) is 4.79 Å². The van der Waals surface area contributed by atoms with Gasteiger partial charge in [0.2, 0.25) is 17.6 Å². The van der Waals surface area contributed by atoms with E-state index in [2.05, 4.69) is 20.4 Å². The summed E-state index contributed by atoms with van der Waals surface area (Å²) in [6.07, 6.45) is 0.702. The number of aromatic nitrogens is 2. The van der Waals surface area contributed by atoms with E-state index in [1.807, 2.05) is 41.8 Å². The highest BCUT2D eigenvalue weighted by molar-refractivity contribution is 7.13. The zero-order valence-corrected chi connectivity index (χ0v) is 15.6. The van der Waals surface area contributed by atoms with Crippen molar-refractivity contribution < 1.29 is 14.1 Å². The molecule has 3 aromatic rings. The van der Waals surface area contributed by atoms with Gasteiger partial charge < -0.3 is 19.5 Å². The molecule has 0 atom stereocenters. The van der Waals surface area contributed by atoms with Crippen molar-refractivity contribution in [1.29, 1.82) is 0 Å². The molecule has 0 bridgehead atoms. The number of thiophene rings is 1. The van der Waals surface area contributed by atoms with Gasteiger partial charge >= 0.3 is 0 Å². The van der Waals surface area contributed by atoms with Crippen LogP contribution < -0.4 is 10.2 Å². The van der Waals surface area contributed by atoms with Gasteiger partial charge in [0.1, 0.15) is 0 Å². The number of nitrogens with one attached hydrogen (secondary N) is 1. The van der Waals surface area contributed by atoms with Crippen molar-refractivity contribution in [2.45, 2.75) is 12.8 Å². The zero-order valence-electron chi connectivity index (χ0n) is 14.8. The first-order valence-electron chi connectivity index (χ1n) is 8.87. The highest BCUT2D eigenvalue weighted by Gasteiger charge is 2.13. The Morgan fingerprint density at radius 3 is 2.74 bits per heavy atom. The second-order valence-electron chi connectivity index (χ2n) is 6.18. The van der Waals surface area contributed by atoms with Crippen LogP contribution in [0.1, 0.15) is 12.3 Å². The van der Waals surface area contributed by atoms with Crippen LogP contribution in [0.25, 0.3) is 10.7 Å². The molecule has 2 aromatic heterocycles. The Kier molecular flexibility index (Phi) is 5.45. The summed E-state index contributed by atoms with van der Waals surface area (Å²) in [6.45, 7) is 3.29. The first kappa shape index (κ1) is 17.7. The number of rotatable bonds is 6. The van der Waals surface area contributed by atoms with Crippen LogP contribution in [0.2, 0.25) is 0 Å². The van der Waals surface area contributed by atoms with Crippen molar-refractivity contribution in [3.63, 3.8) is 0 Å². The van der Waals surface area contributed by atoms with Crippen molar-refractivity contribution in [2.24, 2.45) is 0 Å². The van der Waals surface area contributed by atoms with Gasteiger partial charge in [0.25, 0.3) is 0 Å². The molecule has 0 saturated carbocycles. The van der Waals surface area contributed by atoms with E-state index >= 15 is 0 Å². The number of carbonyl (C=O) groups is 1. The lowest BCUT2D eigenvalue weighted by atomic mass is 10.2. The van der Waals surface area contributed by atoms with Crippen LogP contribution in [0.3, 0.4) is 0 Å². The zero-order chi connectivity index (χ0) is 18.5. The van der Waals surface area contributed by atoms with Crippen LogP contribution in [0, 0.1) is 0 Å². The predicted octanol–water partition coefficient (Wildman–Crippen LogP) is 3.21. The summed E-state index contributed by atoms with van der Waals surface area (Å²) in [7, 11) is 0. The van der Waals surface area contributed by atoms with Crippen molar-refractivity contribution in [2.75, 3.05) is 36.5 Å². The molecule has 0 aliphatic carbocycles. The van der Waals surface area contributed by atoms with Gasteiger partial charge in [0.15, 0.2) is 0 Å². The molecule has 8 heteroatoms. The van der Waals surface area contributed by atoms with Gasteiger partial charge in [0, 0.05) is 37.3 Å². The molecule has 1 N–H and O–H groups in total. The first-order chi connectivity index (χ1) is 13.3. The summed E-state index contributed by atoms with van der Waals surface area (Å²) in [5, 5.41) is 8.82. The number of carbonyl (C=O) groups excluding carboxylic acids is 1. The van der Waals surface area contributed by atoms with E-state index in [0.29, 0.717) is 18.1 Å². The van der Waals surface area contributed by atoms with Crippen LogP contribution in [0.5, 0.6) is 0 Å². The molecular formula is C19H20N4O3S. The Balaban J connectivity index is 1.28. The molecule has 1 amide bonds. The lowest BCUT2D eigenvalue weighted by Crippen LogP contribution is -2.36. The molecule has 1 aromatic carbocycles. The number of hydrogen-bond acceptors (Lipinski definition) is 7. The van der Waals surface area contributed by atoms with E-state index in [4.69, 9.17) is 9.26 Å². The SMILES string of the molecule is O=C(CCc1nc(-c2cccs2)no1)Nc1ccc(N2CCOCC2)cc1. The average molecular weight is 384 g/mol. The van der Waals surface area contributed by atoms with Gasteiger partial charge in [-0.05, 0) is 35.7 Å². The number of anilines is 2. The van der Waals surface area contributed by atoms with Crippen molar-refractivity contribution in [1.82, 2.24) is 10.1 Å². The lowest BCUT2D eigenvalue weighted by molar-refractivity contribution is -0.116. The number of ether oxygens (including phenoxy) is 1. The molecule has 4 rings (SSSR count). The normalized spacial score (nSPS) is 14.3. The summed E-state index contributed by atoms with van der Waals surface area (Å²) in [6, 6.07) is 11.8. The van der Waals surface area contributed by atoms with Gasteiger partial charge in [-0.15, -0.1) is 11.3 Å². The predicted molar refractivity (Wildman–Crippen MR) is 104 cm³/mol. The second-order valence-corrected chi connectivity index (χ2v) is 7.13. The molecule has 3 heterocycles. The largest absolute Gasteiger partial charge is 0.378 e. The van der Waals surface area contributed by atoms with E-state index < -0.39 is 0 Å². The molecule has 0 unspecified atom stereocenters. The average Bonchev–Trinajstić information content (AvgIpc) is 3.39. The molecule has 1 saturated heterocycles. The number of benzene rings is 1. The van der Waals surface area contributed by atoms with E-state index in [0.717, 1.165) is 42.6 Å². The number of nitrogens with zero attached hydrogens (tertiary/aromatic N) is 3. The van der Waals surface area contributed by atoms with Crippen molar-refractivity contribution >= 4 is 28.6 Å². The Bertz CT molecular complexity index is 871. The standard InChI is InChI=1S/C19H20N4O3S/c24-17(7-8-18-21-19(22-26-18)16-2-1-13-27-16)20-14-3-5-15(6-4-14)23-9-11-25-12-10-23/h1-6,13H,7-12H2,(H,20,24). The van der Waals surface area contributed by atoms with E-state index in [1.165, 1.54) is 0 Å². The minimum absolute atomic E-state index is 0.0787. The van der Waals surface area contributed by atoms with Crippen molar-refractivity contribution in [3.8, 4) is 10.7 Å². The number of aryl methyl sites for hydroxylation is 1. The van der Waals surface area contributed by atoms with Gasteiger partial charge in [-0.1, -0.05) is 11.2 Å². The number of morpholine rings is 1. The molecule has 7 nitrogen and oxygen atoms in total. The van der Waals surface area contributed by atoms with Gasteiger partial charge in [0.05, 0.1) is 18.1 Å². The fourth-order valence-corrected chi connectivity index (χ4v) is 3.53. The minimum atomic E-state index is -0.0787. The summed E-state index contributed by atoms with van der Waals surface area (Å²) >= 11 is 1.55. The second kappa shape index (κ2) is 8.32. The van der Waals surface area contributed by atoms with Crippen LogP contribution in [0.4, 0.5) is 11.4 Å². The molecule has 0 radical (unpaired) electrons. The molecule has 1 aliphatic heterocycles. The maximum atomic E-state index is 12.2. The van der Waals surface area contributed by atoms with E-state index in [9.17, 15) is 4.79 Å². The lowest BCUT2D eigenvalue weighted by Gasteiger charge is -2.28. The van der Waals surface area contributed by atoms with Crippen LogP contribution in [0.15, 0.2) is 46.3 Å². The van der Waals surface area contributed by atoms with E-state index in [1.54, 1.807) is 11.3 Å². The Hall–Kier alpha value is -2.71. The molecular weight excluding hydrogens is 364 g/mol. The summed E-state index contributed by atoms with van der Waals surface area (Å²) < 4.78 is 10.6. The Morgan fingerprint density at radius 1 is 1.19 bits per heavy atom. The van der Waals surface area contributed by atoms with Crippen molar-refractivity contribution in [3.05, 3.63) is 47.7 Å². The fraction of sp³-hybridized carbons (Fsp3) is 0.316. The molecule has 1 fully saturated rings. The Labute approximate surface area is 161 Å². The van der Waals surface area contributed by atoms with Crippen LogP contribution in [-0.2, 0) is 16.0 Å². The summed E-state index contributed by atoms with van der Waals surface area (Å²) in [5.74, 6) is 0.959. The first-order valence-corrected chi connectivity index (χ1v) is 9.75. The molecule has 140 valence electrons. The third-order valence-electron chi connectivity index (χ3n) is 4.30. The van der Waals surface area contributed by atoms with Crippen LogP contribution in [-0.4, -0.2) is 42.4 Å². The molecule has 0 spiro atoms. The fourth-order valence-electron chi connectivity index (χ4n) is 2.88. The van der Waals surface area contributed by atoms with Gasteiger partial charge in [-0.2, -0.15) is 4.98 Å². The number of hydrogen-bond donors (Lipinski definition) is 1. The van der Waals surface area contributed by atoms with Gasteiger partial charge in [-0.25, -0.2) is 0 Å². The molecule has 27 heavy (non-hydrogen) atoms. The smallest absolute Gasteiger partial charge is 0.227 e. The number of amides is 1. The monoisotopic (exact) mass is 384 g/mol. The Morgan fingerprint density at radius 2 is 2.00 bits per heavy atom. The minimum Gasteiger partial charge on any atom is -0.378 e. The topological polar surface area (TPSA) is 80.5 Å². The maximum Gasteiger partial charge on any atom is 0.227 e. The summed E-state index contributed by atoms with van der Waals surface area (Å²) in [5.41, 5.74) is 1.92. The maximum absolute atomic E-state index is 12.2. The summed E-state index contributed by atoms with van der Waals surface area (Å²) in [4.78, 5) is 19.7. The van der Waals surface area contributed by atoms with Crippen LogP contribution >= 0.6 is 11.3 Å². The molecule has 1 aliphatic rings.